The number of nitrogens with zero attached hydrogens (tertiary/aromatic N) is 1. The molecule has 0 bridgehead atoms. The van der Waals surface area contributed by atoms with Crippen molar-refractivity contribution in [2.75, 3.05) is 0 Å². The summed E-state index contributed by atoms with van der Waals surface area (Å²) < 4.78 is 46.7. The summed E-state index contributed by atoms with van der Waals surface area (Å²) in [5.74, 6) is -6.73. The van der Waals surface area contributed by atoms with E-state index >= 15 is 0 Å². The Kier molecular flexibility index (Phi) is 8.12. The fourth-order valence-electron chi connectivity index (χ4n) is 3.20. The number of ether oxygens (including phenoxy) is 1. The number of halogens is 4. The number of hydrogen-bond donors (Lipinski definition) is 1. The molecule has 0 radical (unpaired) electrons. The van der Waals surface area contributed by atoms with Gasteiger partial charge in [-0.15, -0.1) is 0 Å². The lowest BCUT2D eigenvalue weighted by Gasteiger charge is -2.27. The van der Waals surface area contributed by atoms with E-state index in [9.17, 15) is 28.3 Å². The summed E-state index contributed by atoms with van der Waals surface area (Å²) in [6, 6.07) is 17.0. The molecule has 2 rings (SSSR count). The molecule has 3 atom stereocenters. The first kappa shape index (κ1) is 24.3. The third kappa shape index (κ3) is 6.50. The summed E-state index contributed by atoms with van der Waals surface area (Å²) in [6.45, 7) is 2.79. The summed E-state index contributed by atoms with van der Waals surface area (Å²) in [7, 11) is 0. The summed E-state index contributed by atoms with van der Waals surface area (Å²) in [4.78, 5) is 11.5. The van der Waals surface area contributed by atoms with Crippen LogP contribution >= 0.6 is 11.6 Å². The van der Waals surface area contributed by atoms with E-state index in [1.54, 1.807) is 42.5 Å². The molecule has 0 aliphatic rings. The Morgan fingerprint density at radius 1 is 1.13 bits per heavy atom. The molecule has 2 aromatic rings. The van der Waals surface area contributed by atoms with Crippen LogP contribution in [0.25, 0.3) is 0 Å². The number of aliphatic carboxylic acids is 1. The van der Waals surface area contributed by atoms with Gasteiger partial charge >= 0.3 is 12.1 Å². The van der Waals surface area contributed by atoms with Crippen molar-refractivity contribution in [1.82, 2.24) is 0 Å². The van der Waals surface area contributed by atoms with Crippen LogP contribution in [0.15, 0.2) is 65.7 Å². The van der Waals surface area contributed by atoms with Crippen LogP contribution in [0.5, 0.6) is 11.5 Å². The molecule has 0 aromatic heterocycles. The van der Waals surface area contributed by atoms with Gasteiger partial charge < -0.3 is 9.84 Å². The molecule has 0 aliphatic heterocycles. The van der Waals surface area contributed by atoms with Crippen LogP contribution in [-0.4, -0.2) is 17.3 Å². The maximum absolute atomic E-state index is 13.7. The van der Waals surface area contributed by atoms with Gasteiger partial charge in [0.25, 0.3) is 0 Å². The van der Waals surface area contributed by atoms with Crippen LogP contribution in [0.3, 0.4) is 0 Å². The zero-order valence-electron chi connectivity index (χ0n) is 16.8. The number of allylic oxidation sites excluding steroid dienone is 2. The van der Waals surface area contributed by atoms with E-state index in [-0.39, 0.29) is 0 Å². The Morgan fingerprint density at radius 3 is 2.26 bits per heavy atom. The lowest BCUT2D eigenvalue weighted by atomic mass is 9.81. The minimum Gasteiger partial charge on any atom is -0.481 e. The van der Waals surface area contributed by atoms with Crippen molar-refractivity contribution >= 4 is 17.6 Å². The largest absolute Gasteiger partial charge is 0.481 e. The maximum Gasteiger partial charge on any atom is 0.396 e. The molecule has 4 nitrogen and oxygen atoms in total. The van der Waals surface area contributed by atoms with Crippen molar-refractivity contribution < 1.29 is 27.8 Å². The number of hydrogen-bond acceptors (Lipinski definition) is 3. The summed E-state index contributed by atoms with van der Waals surface area (Å²) in [5.41, 5.74) is 0.328. The highest BCUT2D eigenvalue weighted by molar-refractivity contribution is 6.30. The molecule has 0 fully saturated rings. The van der Waals surface area contributed by atoms with Crippen molar-refractivity contribution in [2.45, 2.75) is 25.9 Å². The molecule has 164 valence electrons. The fourth-order valence-corrected chi connectivity index (χ4v) is 3.51. The first-order chi connectivity index (χ1) is 14.5. The standard InChI is InChI=1S/C23H21ClF3NO3/c1-14(2)21(22(29)30)19(23(25,26)27)12-20(24)18(13-28)15-7-6-10-17(11-15)31-16-8-4-3-5-9-16/h3-12,14,18-19,21H,1-2H3,(H,29,30). The first-order valence-corrected chi connectivity index (χ1v) is 9.81. The topological polar surface area (TPSA) is 70.3 Å². The van der Waals surface area contributed by atoms with Gasteiger partial charge in [0, 0.05) is 5.03 Å². The quantitative estimate of drug-likeness (QED) is 0.482. The van der Waals surface area contributed by atoms with Crippen LogP contribution in [0.2, 0.25) is 0 Å². The third-order valence-corrected chi connectivity index (χ3v) is 5.03. The second kappa shape index (κ2) is 10.4. The average Bonchev–Trinajstić information content (AvgIpc) is 2.68. The Labute approximate surface area is 183 Å². The predicted molar refractivity (Wildman–Crippen MR) is 111 cm³/mol. The lowest BCUT2D eigenvalue weighted by Crippen LogP contribution is -2.37. The Balaban J connectivity index is 2.40. The van der Waals surface area contributed by atoms with E-state index in [4.69, 9.17) is 16.3 Å². The second-order valence-electron chi connectivity index (χ2n) is 7.28. The Bertz CT molecular complexity index is 968. The molecule has 0 saturated heterocycles. The van der Waals surface area contributed by atoms with Crippen molar-refractivity contribution in [3.05, 3.63) is 71.3 Å². The van der Waals surface area contributed by atoms with E-state index in [1.165, 1.54) is 19.9 Å². The molecular weight excluding hydrogens is 431 g/mol. The van der Waals surface area contributed by atoms with Crippen LogP contribution in [0.4, 0.5) is 13.2 Å². The summed E-state index contributed by atoms with van der Waals surface area (Å²) in [5, 5.41) is 18.5. The molecule has 31 heavy (non-hydrogen) atoms. The van der Waals surface area contributed by atoms with Crippen LogP contribution in [0.1, 0.15) is 25.3 Å². The zero-order chi connectivity index (χ0) is 23.2. The SMILES string of the molecule is CC(C)C(C(=O)O)C(C=C(Cl)C(C#N)c1cccc(Oc2ccccc2)c1)C(F)(F)F. The third-order valence-electron chi connectivity index (χ3n) is 4.68. The summed E-state index contributed by atoms with van der Waals surface area (Å²) in [6.07, 6.45) is -4.20. The Hall–Kier alpha value is -2.98. The molecular formula is C23H21ClF3NO3. The smallest absolute Gasteiger partial charge is 0.396 e. The van der Waals surface area contributed by atoms with Crippen molar-refractivity contribution in [3.8, 4) is 17.6 Å². The molecule has 3 unspecified atom stereocenters. The number of carboxylic acid groups (broad SMARTS) is 1. The fraction of sp³-hybridized carbons (Fsp3) is 0.304. The van der Waals surface area contributed by atoms with Gasteiger partial charge in [-0.05, 0) is 35.7 Å². The minimum atomic E-state index is -4.84. The number of carbonyl (C=O) groups is 1. The molecule has 0 amide bonds. The van der Waals surface area contributed by atoms with Gasteiger partial charge in [0.15, 0.2) is 0 Å². The maximum atomic E-state index is 13.7. The predicted octanol–water partition coefficient (Wildman–Crippen LogP) is 6.74. The number of alkyl halides is 3. The van der Waals surface area contributed by atoms with E-state index in [0.29, 0.717) is 23.1 Å². The van der Waals surface area contributed by atoms with Crippen molar-refractivity contribution in [3.63, 3.8) is 0 Å². The second-order valence-corrected chi connectivity index (χ2v) is 7.71. The number of rotatable bonds is 8. The summed E-state index contributed by atoms with van der Waals surface area (Å²) >= 11 is 6.15. The zero-order valence-corrected chi connectivity index (χ0v) is 17.6. The van der Waals surface area contributed by atoms with Crippen molar-refractivity contribution in [2.24, 2.45) is 17.8 Å². The molecule has 2 aromatic carbocycles. The van der Waals surface area contributed by atoms with E-state index in [1.807, 2.05) is 12.1 Å². The van der Waals surface area contributed by atoms with Gasteiger partial charge in [-0.25, -0.2) is 0 Å². The minimum absolute atomic E-state index is 0.328. The van der Waals surface area contributed by atoms with Crippen molar-refractivity contribution in [1.29, 1.82) is 5.26 Å². The molecule has 1 N–H and O–H groups in total. The number of nitriles is 1. The number of para-hydroxylation sites is 1. The average molecular weight is 452 g/mol. The van der Waals surface area contributed by atoms with Gasteiger partial charge in [0.05, 0.1) is 17.9 Å². The Morgan fingerprint density at radius 2 is 1.74 bits per heavy atom. The highest BCUT2D eigenvalue weighted by atomic mass is 35.5. The highest BCUT2D eigenvalue weighted by Crippen LogP contribution is 2.40. The van der Waals surface area contributed by atoms with E-state index in [0.717, 1.165) is 0 Å². The monoisotopic (exact) mass is 451 g/mol. The van der Waals surface area contributed by atoms with E-state index < -0.39 is 40.8 Å². The lowest BCUT2D eigenvalue weighted by molar-refractivity contribution is -0.188. The molecule has 0 aliphatic carbocycles. The van der Waals surface area contributed by atoms with E-state index in [2.05, 4.69) is 0 Å². The highest BCUT2D eigenvalue weighted by Gasteiger charge is 2.47. The van der Waals surface area contributed by atoms with Gasteiger partial charge in [-0.2, -0.15) is 18.4 Å². The first-order valence-electron chi connectivity index (χ1n) is 9.43. The van der Waals surface area contributed by atoms with Gasteiger partial charge in [0.2, 0.25) is 0 Å². The van der Waals surface area contributed by atoms with Gasteiger partial charge in [-0.1, -0.05) is 61.9 Å². The number of carboxylic acids is 1. The number of benzene rings is 2. The normalized spacial score (nSPS) is 15.1. The van der Waals surface area contributed by atoms with Gasteiger partial charge in [-0.3, -0.25) is 4.79 Å². The molecule has 0 spiro atoms. The molecule has 0 saturated carbocycles. The van der Waals surface area contributed by atoms with Crippen LogP contribution in [-0.2, 0) is 4.79 Å². The molecule has 8 heteroatoms. The van der Waals surface area contributed by atoms with Crippen LogP contribution in [0, 0.1) is 29.1 Å². The van der Waals surface area contributed by atoms with Crippen LogP contribution < -0.4 is 4.74 Å². The molecule has 0 heterocycles. The van der Waals surface area contributed by atoms with Gasteiger partial charge in [0.1, 0.15) is 17.4 Å².